The molecule has 1 fully saturated rings. The van der Waals surface area contributed by atoms with Crippen molar-refractivity contribution in [1.82, 2.24) is 0 Å². The van der Waals surface area contributed by atoms with Gasteiger partial charge in [-0.25, -0.2) is 0 Å². The number of hydrogen-bond acceptors (Lipinski definition) is 1. The van der Waals surface area contributed by atoms with Crippen molar-refractivity contribution >= 4 is 0 Å². The zero-order valence-electron chi connectivity index (χ0n) is 8.47. The maximum atomic E-state index is 9.97. The first-order valence-corrected chi connectivity index (χ1v) is 5.36. The highest BCUT2D eigenvalue weighted by atomic mass is 16.3. The van der Waals surface area contributed by atoms with Crippen LogP contribution in [-0.2, 0) is 0 Å². The van der Waals surface area contributed by atoms with Gasteiger partial charge in [0.2, 0.25) is 0 Å². The predicted molar refractivity (Wildman–Crippen MR) is 52.1 cm³/mol. The van der Waals surface area contributed by atoms with E-state index in [4.69, 9.17) is 0 Å². The topological polar surface area (TPSA) is 20.2 Å². The van der Waals surface area contributed by atoms with Crippen LogP contribution in [0.3, 0.4) is 0 Å². The Labute approximate surface area is 76.2 Å². The summed E-state index contributed by atoms with van der Waals surface area (Å²) in [6, 6.07) is 0. The monoisotopic (exact) mass is 170 g/mol. The van der Waals surface area contributed by atoms with Crippen molar-refractivity contribution in [2.75, 3.05) is 0 Å². The third-order valence-electron chi connectivity index (χ3n) is 2.99. The molecule has 1 unspecified atom stereocenters. The zero-order chi connectivity index (χ0) is 9.03. The molecule has 1 nitrogen and oxygen atoms in total. The van der Waals surface area contributed by atoms with Crippen LogP contribution in [0.1, 0.15) is 58.8 Å². The summed E-state index contributed by atoms with van der Waals surface area (Å²) in [7, 11) is 0. The molecule has 0 aromatic rings. The minimum atomic E-state index is -0.385. The van der Waals surface area contributed by atoms with Crippen LogP contribution in [0.4, 0.5) is 0 Å². The number of hydrogen-bond donors (Lipinski definition) is 1. The molecular weight excluding hydrogens is 148 g/mol. The molecule has 72 valence electrons. The Balaban J connectivity index is 2.27. The summed E-state index contributed by atoms with van der Waals surface area (Å²) in [6.45, 7) is 4.14. The Bertz CT molecular complexity index is 123. The predicted octanol–water partition coefficient (Wildman–Crippen LogP) is 3.12. The third-order valence-corrected chi connectivity index (χ3v) is 2.99. The van der Waals surface area contributed by atoms with Crippen molar-refractivity contribution < 1.29 is 5.11 Å². The highest BCUT2D eigenvalue weighted by Gasteiger charge is 2.26. The molecule has 0 heterocycles. The lowest BCUT2D eigenvalue weighted by Gasteiger charge is -2.25. The zero-order valence-corrected chi connectivity index (χ0v) is 8.47. The van der Waals surface area contributed by atoms with Gasteiger partial charge in [0.15, 0.2) is 0 Å². The Morgan fingerprint density at radius 1 is 1.33 bits per heavy atom. The van der Waals surface area contributed by atoms with E-state index in [-0.39, 0.29) is 5.60 Å². The summed E-state index contributed by atoms with van der Waals surface area (Å²) < 4.78 is 0. The maximum absolute atomic E-state index is 9.97. The first-order chi connectivity index (χ1) is 5.64. The first-order valence-electron chi connectivity index (χ1n) is 5.36. The lowest BCUT2D eigenvalue weighted by atomic mass is 9.88. The summed E-state index contributed by atoms with van der Waals surface area (Å²) in [5.74, 6) is 0.812. The third kappa shape index (κ3) is 3.14. The minimum absolute atomic E-state index is 0.385. The van der Waals surface area contributed by atoms with E-state index < -0.39 is 0 Å². The highest BCUT2D eigenvalue weighted by molar-refractivity contribution is 4.79. The second-order valence-electron chi connectivity index (χ2n) is 4.60. The summed E-state index contributed by atoms with van der Waals surface area (Å²) in [4.78, 5) is 0. The molecule has 0 saturated heterocycles. The Morgan fingerprint density at radius 3 is 2.42 bits per heavy atom. The molecule has 1 aliphatic carbocycles. The molecule has 1 heteroatoms. The second-order valence-corrected chi connectivity index (χ2v) is 4.60. The van der Waals surface area contributed by atoms with Gasteiger partial charge in [0.05, 0.1) is 5.60 Å². The van der Waals surface area contributed by atoms with E-state index >= 15 is 0 Å². The Hall–Kier alpha value is -0.0400. The second kappa shape index (κ2) is 4.27. The van der Waals surface area contributed by atoms with E-state index in [1.807, 2.05) is 6.92 Å². The van der Waals surface area contributed by atoms with Gasteiger partial charge in [0, 0.05) is 0 Å². The van der Waals surface area contributed by atoms with Crippen LogP contribution in [0.25, 0.3) is 0 Å². The van der Waals surface area contributed by atoms with Gasteiger partial charge in [-0.2, -0.15) is 0 Å². The average Bonchev–Trinajstić information content (AvgIpc) is 2.38. The van der Waals surface area contributed by atoms with E-state index in [9.17, 15) is 5.11 Å². The summed E-state index contributed by atoms with van der Waals surface area (Å²) >= 11 is 0. The van der Waals surface area contributed by atoms with Crippen LogP contribution in [-0.4, -0.2) is 10.7 Å². The van der Waals surface area contributed by atoms with Gasteiger partial charge in [-0.05, 0) is 25.7 Å². The highest BCUT2D eigenvalue weighted by Crippen LogP contribution is 2.33. The maximum Gasteiger partial charge on any atom is 0.0622 e. The van der Waals surface area contributed by atoms with Gasteiger partial charge < -0.3 is 5.11 Å². The van der Waals surface area contributed by atoms with Gasteiger partial charge in [-0.3, -0.25) is 0 Å². The molecule has 1 rings (SSSR count). The van der Waals surface area contributed by atoms with E-state index in [1.165, 1.54) is 25.7 Å². The molecule has 0 aromatic carbocycles. The molecule has 0 aromatic heterocycles. The summed E-state index contributed by atoms with van der Waals surface area (Å²) in [5.41, 5.74) is -0.385. The lowest BCUT2D eigenvalue weighted by Crippen LogP contribution is -2.26. The van der Waals surface area contributed by atoms with E-state index in [0.29, 0.717) is 0 Å². The molecule has 1 aliphatic rings. The van der Waals surface area contributed by atoms with Crippen molar-refractivity contribution in [3.63, 3.8) is 0 Å². The Morgan fingerprint density at radius 2 is 1.92 bits per heavy atom. The normalized spacial score (nSPS) is 24.2. The molecule has 1 saturated carbocycles. The number of aliphatic hydroxyl groups is 1. The average molecular weight is 170 g/mol. The van der Waals surface area contributed by atoms with Crippen LogP contribution in [0.2, 0.25) is 0 Å². The van der Waals surface area contributed by atoms with Gasteiger partial charge in [0.1, 0.15) is 0 Å². The Kier molecular flexibility index (Phi) is 3.57. The molecule has 0 spiro atoms. The largest absolute Gasteiger partial charge is 0.390 e. The lowest BCUT2D eigenvalue weighted by molar-refractivity contribution is 0.0255. The molecule has 1 atom stereocenters. The molecule has 1 N–H and O–H groups in total. The van der Waals surface area contributed by atoms with Gasteiger partial charge in [-0.15, -0.1) is 0 Å². The molecular formula is C11H22O. The molecule has 0 radical (unpaired) electrons. The van der Waals surface area contributed by atoms with Crippen LogP contribution in [0, 0.1) is 5.92 Å². The first kappa shape index (κ1) is 10.0. The smallest absolute Gasteiger partial charge is 0.0622 e. The fourth-order valence-electron chi connectivity index (χ4n) is 2.48. The fourth-order valence-corrected chi connectivity index (χ4v) is 2.48. The summed E-state index contributed by atoms with van der Waals surface area (Å²) in [5, 5.41) is 9.97. The van der Waals surface area contributed by atoms with Crippen LogP contribution in [0.15, 0.2) is 0 Å². The minimum Gasteiger partial charge on any atom is -0.390 e. The van der Waals surface area contributed by atoms with Crippen LogP contribution < -0.4 is 0 Å². The van der Waals surface area contributed by atoms with Crippen molar-refractivity contribution in [1.29, 1.82) is 0 Å². The van der Waals surface area contributed by atoms with E-state index in [0.717, 1.165) is 25.2 Å². The van der Waals surface area contributed by atoms with Crippen LogP contribution in [0.5, 0.6) is 0 Å². The molecule has 0 aliphatic heterocycles. The van der Waals surface area contributed by atoms with Crippen molar-refractivity contribution in [2.24, 2.45) is 5.92 Å². The molecule has 12 heavy (non-hydrogen) atoms. The van der Waals surface area contributed by atoms with Gasteiger partial charge in [-0.1, -0.05) is 39.0 Å². The SMILES string of the molecule is CCCC(C)(O)CC1CCCC1. The standard InChI is InChI=1S/C11H22O/c1-3-8-11(2,12)9-10-6-4-5-7-10/h10,12H,3-9H2,1-2H3. The van der Waals surface area contributed by atoms with E-state index in [1.54, 1.807) is 0 Å². The molecule has 0 amide bonds. The molecule has 0 bridgehead atoms. The number of rotatable bonds is 4. The van der Waals surface area contributed by atoms with Crippen molar-refractivity contribution in [3.8, 4) is 0 Å². The van der Waals surface area contributed by atoms with Crippen LogP contribution >= 0.6 is 0 Å². The van der Waals surface area contributed by atoms with Gasteiger partial charge >= 0.3 is 0 Å². The quantitative estimate of drug-likeness (QED) is 0.687. The van der Waals surface area contributed by atoms with Gasteiger partial charge in [0.25, 0.3) is 0 Å². The fraction of sp³-hybridized carbons (Fsp3) is 1.00. The van der Waals surface area contributed by atoms with Crippen molar-refractivity contribution in [2.45, 2.75) is 64.4 Å². The summed E-state index contributed by atoms with van der Waals surface area (Å²) in [6.07, 6.45) is 8.55. The van der Waals surface area contributed by atoms with E-state index in [2.05, 4.69) is 6.92 Å². The van der Waals surface area contributed by atoms with Crippen molar-refractivity contribution in [3.05, 3.63) is 0 Å².